The van der Waals surface area contributed by atoms with Crippen molar-refractivity contribution in [3.05, 3.63) is 41.1 Å². The largest absolute Gasteiger partial charge is 0.382 e. The van der Waals surface area contributed by atoms with Crippen LogP contribution in [-0.2, 0) is 0 Å². The zero-order valence-corrected chi connectivity index (χ0v) is 10.8. The molecule has 0 aliphatic rings. The molecule has 0 unspecified atom stereocenters. The number of amides is 1. The Morgan fingerprint density at radius 3 is 2.32 bits per heavy atom. The topological polar surface area (TPSA) is 107 Å². The summed E-state index contributed by atoms with van der Waals surface area (Å²) in [5.41, 5.74) is 14.4. The lowest BCUT2D eigenvalue weighted by molar-refractivity contribution is 0.0995. The van der Waals surface area contributed by atoms with Gasteiger partial charge in [-0.05, 0) is 37.1 Å². The molecule has 0 radical (unpaired) electrons. The molecule has 0 spiro atoms. The number of aryl methyl sites for hydroxylation is 2. The normalized spacial score (nSPS) is 10.2. The summed E-state index contributed by atoms with van der Waals surface area (Å²) in [6.07, 6.45) is 0. The Morgan fingerprint density at radius 2 is 1.74 bits per heavy atom. The number of nitrogens with zero attached hydrogens (tertiary/aromatic N) is 2. The number of benzene rings is 1. The molecular weight excluding hydrogens is 242 g/mol. The van der Waals surface area contributed by atoms with Crippen LogP contribution in [0.4, 0.5) is 17.2 Å². The highest BCUT2D eigenvalue weighted by Gasteiger charge is 2.12. The van der Waals surface area contributed by atoms with Gasteiger partial charge < -0.3 is 16.8 Å². The number of nitrogens with one attached hydrogen (secondary N) is 1. The van der Waals surface area contributed by atoms with E-state index in [0.717, 1.165) is 16.8 Å². The first-order valence-corrected chi connectivity index (χ1v) is 5.74. The van der Waals surface area contributed by atoms with Gasteiger partial charge in [0.25, 0.3) is 5.91 Å². The number of rotatable bonds is 3. The van der Waals surface area contributed by atoms with Crippen LogP contribution < -0.4 is 16.8 Å². The quantitative estimate of drug-likeness (QED) is 0.772. The third-order valence-electron chi connectivity index (χ3n) is 2.55. The van der Waals surface area contributed by atoms with Crippen LogP contribution >= 0.6 is 0 Å². The van der Waals surface area contributed by atoms with E-state index in [-0.39, 0.29) is 11.5 Å². The van der Waals surface area contributed by atoms with Gasteiger partial charge in [0, 0.05) is 11.8 Å². The summed E-state index contributed by atoms with van der Waals surface area (Å²) in [5, 5.41) is 10.4. The smallest absolute Gasteiger partial charge is 0.271 e. The lowest BCUT2D eigenvalue weighted by atomic mass is 10.1. The van der Waals surface area contributed by atoms with Crippen LogP contribution in [0.1, 0.15) is 21.6 Å². The van der Waals surface area contributed by atoms with Gasteiger partial charge in [0.05, 0.1) is 5.69 Å². The molecule has 0 saturated heterocycles. The standard InChI is InChI=1S/C13H15N5O/c1-7-3-8(2)5-9(4-7)16-10-6-11(14)17-18-12(10)13(15)19/h3-6H,1-2H3,(H2,15,19)(H3,14,16,17). The lowest BCUT2D eigenvalue weighted by Crippen LogP contribution is -2.16. The predicted octanol–water partition coefficient (Wildman–Crippen LogP) is 1.52. The average Bonchev–Trinajstić information content (AvgIpc) is 2.26. The second-order valence-corrected chi connectivity index (χ2v) is 4.40. The van der Waals surface area contributed by atoms with E-state index in [1.807, 2.05) is 26.0 Å². The van der Waals surface area contributed by atoms with Crippen molar-refractivity contribution in [3.63, 3.8) is 0 Å². The van der Waals surface area contributed by atoms with E-state index in [0.29, 0.717) is 5.69 Å². The number of nitrogen functional groups attached to an aromatic ring is 1. The van der Waals surface area contributed by atoms with Crippen molar-refractivity contribution < 1.29 is 4.79 Å². The van der Waals surface area contributed by atoms with Crippen molar-refractivity contribution in [3.8, 4) is 0 Å². The van der Waals surface area contributed by atoms with Crippen molar-refractivity contribution >= 4 is 23.1 Å². The molecule has 2 aromatic rings. The summed E-state index contributed by atoms with van der Waals surface area (Å²) >= 11 is 0. The van der Waals surface area contributed by atoms with E-state index in [4.69, 9.17) is 11.5 Å². The molecule has 0 aliphatic carbocycles. The van der Waals surface area contributed by atoms with E-state index in [2.05, 4.69) is 21.6 Å². The van der Waals surface area contributed by atoms with Gasteiger partial charge in [-0.3, -0.25) is 4.79 Å². The highest BCUT2D eigenvalue weighted by Crippen LogP contribution is 2.22. The summed E-state index contributed by atoms with van der Waals surface area (Å²) in [4.78, 5) is 11.3. The minimum atomic E-state index is -0.653. The fraction of sp³-hybridized carbons (Fsp3) is 0.154. The van der Waals surface area contributed by atoms with Crippen molar-refractivity contribution in [1.29, 1.82) is 0 Å². The second kappa shape index (κ2) is 4.93. The third-order valence-corrected chi connectivity index (χ3v) is 2.55. The fourth-order valence-electron chi connectivity index (χ4n) is 1.89. The van der Waals surface area contributed by atoms with Gasteiger partial charge in [-0.1, -0.05) is 6.07 Å². The average molecular weight is 257 g/mol. The predicted molar refractivity (Wildman–Crippen MR) is 74.2 cm³/mol. The first kappa shape index (κ1) is 12.8. The molecule has 1 aromatic heterocycles. The number of hydrogen-bond acceptors (Lipinski definition) is 5. The van der Waals surface area contributed by atoms with Crippen molar-refractivity contribution in [2.75, 3.05) is 11.1 Å². The molecule has 0 saturated carbocycles. The molecule has 2 rings (SSSR count). The van der Waals surface area contributed by atoms with Gasteiger partial charge >= 0.3 is 0 Å². The minimum Gasteiger partial charge on any atom is -0.382 e. The Bertz CT molecular complexity index is 619. The summed E-state index contributed by atoms with van der Waals surface area (Å²) < 4.78 is 0. The minimum absolute atomic E-state index is 0.0633. The molecule has 0 aliphatic heterocycles. The zero-order valence-electron chi connectivity index (χ0n) is 10.8. The van der Waals surface area contributed by atoms with E-state index < -0.39 is 5.91 Å². The fourth-order valence-corrected chi connectivity index (χ4v) is 1.89. The number of aromatic nitrogens is 2. The molecule has 1 amide bonds. The Balaban J connectivity index is 2.42. The molecule has 6 heteroatoms. The lowest BCUT2D eigenvalue weighted by Gasteiger charge is -2.11. The van der Waals surface area contributed by atoms with Gasteiger partial charge in [-0.2, -0.15) is 0 Å². The number of nitrogens with two attached hydrogens (primary N) is 2. The Kier molecular flexibility index (Phi) is 3.33. The Morgan fingerprint density at radius 1 is 1.11 bits per heavy atom. The van der Waals surface area contributed by atoms with Crippen molar-refractivity contribution in [2.45, 2.75) is 13.8 Å². The highest BCUT2D eigenvalue weighted by atomic mass is 16.1. The van der Waals surface area contributed by atoms with Crippen LogP contribution in [0.2, 0.25) is 0 Å². The number of carbonyl (C=O) groups excluding carboxylic acids is 1. The van der Waals surface area contributed by atoms with Gasteiger partial charge in [0.2, 0.25) is 0 Å². The van der Waals surface area contributed by atoms with E-state index in [9.17, 15) is 4.79 Å². The van der Waals surface area contributed by atoms with Crippen molar-refractivity contribution in [2.24, 2.45) is 5.73 Å². The maximum Gasteiger partial charge on any atom is 0.271 e. The molecule has 6 nitrogen and oxygen atoms in total. The van der Waals surface area contributed by atoms with Crippen LogP contribution in [0.5, 0.6) is 0 Å². The number of hydrogen-bond donors (Lipinski definition) is 3. The van der Waals surface area contributed by atoms with E-state index in [1.165, 1.54) is 6.07 Å². The van der Waals surface area contributed by atoms with Crippen molar-refractivity contribution in [1.82, 2.24) is 10.2 Å². The summed E-state index contributed by atoms with van der Waals surface area (Å²) in [5.74, 6) is -0.434. The third kappa shape index (κ3) is 2.98. The van der Waals surface area contributed by atoms with Crippen LogP contribution in [-0.4, -0.2) is 16.1 Å². The van der Waals surface area contributed by atoms with E-state index in [1.54, 1.807) is 0 Å². The maximum atomic E-state index is 11.3. The van der Waals surface area contributed by atoms with Gasteiger partial charge in [-0.25, -0.2) is 0 Å². The molecule has 0 bridgehead atoms. The maximum absolute atomic E-state index is 11.3. The van der Waals surface area contributed by atoms with E-state index >= 15 is 0 Å². The first-order chi connectivity index (χ1) is 8.95. The number of primary amides is 1. The van der Waals surface area contributed by atoms with Crippen LogP contribution in [0, 0.1) is 13.8 Å². The summed E-state index contributed by atoms with van der Waals surface area (Å²) in [6, 6.07) is 7.49. The molecular formula is C13H15N5O. The number of anilines is 3. The number of carbonyl (C=O) groups is 1. The van der Waals surface area contributed by atoms with Gasteiger partial charge in [0.15, 0.2) is 5.69 Å². The molecule has 19 heavy (non-hydrogen) atoms. The van der Waals surface area contributed by atoms with Crippen LogP contribution in [0.3, 0.4) is 0 Å². The zero-order chi connectivity index (χ0) is 14.0. The van der Waals surface area contributed by atoms with Gasteiger partial charge in [-0.15, -0.1) is 10.2 Å². The second-order valence-electron chi connectivity index (χ2n) is 4.40. The molecule has 1 aromatic carbocycles. The highest BCUT2D eigenvalue weighted by molar-refractivity contribution is 5.97. The Labute approximate surface area is 110 Å². The SMILES string of the molecule is Cc1cc(C)cc(Nc2cc(N)nnc2C(N)=O)c1. The first-order valence-electron chi connectivity index (χ1n) is 5.74. The Hall–Kier alpha value is -2.63. The van der Waals surface area contributed by atoms with Crippen LogP contribution in [0.25, 0.3) is 0 Å². The van der Waals surface area contributed by atoms with Gasteiger partial charge in [0.1, 0.15) is 5.82 Å². The monoisotopic (exact) mass is 257 g/mol. The molecule has 0 atom stereocenters. The molecule has 5 N–H and O–H groups in total. The summed E-state index contributed by atoms with van der Waals surface area (Å²) in [7, 11) is 0. The summed E-state index contributed by atoms with van der Waals surface area (Å²) in [6.45, 7) is 3.98. The molecule has 1 heterocycles. The molecule has 0 fully saturated rings. The molecule has 98 valence electrons. The van der Waals surface area contributed by atoms with Crippen LogP contribution in [0.15, 0.2) is 24.3 Å².